The van der Waals surface area contributed by atoms with Gasteiger partial charge in [-0.3, -0.25) is 4.98 Å². The van der Waals surface area contributed by atoms with Crippen LogP contribution in [-0.2, 0) is 6.18 Å². The molecule has 0 amide bonds. The lowest BCUT2D eigenvalue weighted by Gasteiger charge is -2.07. The number of alkyl halides is 3. The molecule has 0 saturated carbocycles. The van der Waals surface area contributed by atoms with E-state index in [1.54, 1.807) is 6.20 Å². The number of pyridine rings is 1. The largest absolute Gasteiger partial charge is 0.416 e. The van der Waals surface area contributed by atoms with Crippen molar-refractivity contribution in [3.8, 4) is 11.1 Å². The summed E-state index contributed by atoms with van der Waals surface area (Å²) in [5, 5.41) is 0. The summed E-state index contributed by atoms with van der Waals surface area (Å²) >= 11 is 0. The van der Waals surface area contributed by atoms with E-state index < -0.39 is 11.7 Å². The summed E-state index contributed by atoms with van der Waals surface area (Å²) in [6.45, 7) is 5.86. The maximum Gasteiger partial charge on any atom is 0.416 e. The van der Waals surface area contributed by atoms with Crippen LogP contribution in [0, 0.1) is 6.92 Å². The van der Waals surface area contributed by atoms with E-state index in [9.17, 15) is 13.2 Å². The van der Waals surface area contributed by atoms with Gasteiger partial charge in [0.05, 0.1) is 5.56 Å². The highest BCUT2D eigenvalue weighted by Crippen LogP contribution is 2.30. The van der Waals surface area contributed by atoms with E-state index in [0.717, 1.165) is 29.0 Å². The van der Waals surface area contributed by atoms with Crippen molar-refractivity contribution < 1.29 is 13.2 Å². The van der Waals surface area contributed by atoms with Crippen LogP contribution in [0.1, 0.15) is 25.1 Å². The van der Waals surface area contributed by atoms with Gasteiger partial charge in [-0.1, -0.05) is 32.0 Å². The van der Waals surface area contributed by atoms with Crippen molar-refractivity contribution in [1.29, 1.82) is 0 Å². The number of benzene rings is 1. The molecule has 0 unspecified atom stereocenters. The van der Waals surface area contributed by atoms with Gasteiger partial charge in [0.15, 0.2) is 0 Å². The Morgan fingerprint density at radius 3 is 1.79 bits per heavy atom. The Balaban J connectivity index is 0.000000861. The lowest BCUT2D eigenvalue weighted by molar-refractivity contribution is -0.137. The minimum Gasteiger partial charge on any atom is -0.261 e. The maximum atomic E-state index is 12.4. The van der Waals surface area contributed by atoms with Gasteiger partial charge in [-0.25, -0.2) is 0 Å². The summed E-state index contributed by atoms with van der Waals surface area (Å²) < 4.78 is 37.1. The quantitative estimate of drug-likeness (QED) is 0.700. The average molecular weight is 267 g/mol. The van der Waals surface area contributed by atoms with Gasteiger partial charge in [0.25, 0.3) is 0 Å². The van der Waals surface area contributed by atoms with Crippen LogP contribution in [0.15, 0.2) is 42.6 Å². The summed E-state index contributed by atoms with van der Waals surface area (Å²) in [6, 6.07) is 8.73. The predicted molar refractivity (Wildman–Crippen MR) is 70.8 cm³/mol. The van der Waals surface area contributed by atoms with E-state index in [1.807, 2.05) is 32.9 Å². The van der Waals surface area contributed by atoms with Crippen molar-refractivity contribution in [3.05, 3.63) is 53.9 Å². The molecule has 1 aromatic heterocycles. The Kier molecular flexibility index (Phi) is 5.10. The zero-order valence-corrected chi connectivity index (χ0v) is 11.1. The fourth-order valence-electron chi connectivity index (χ4n) is 1.49. The predicted octanol–water partition coefficient (Wildman–Crippen LogP) is 5.10. The van der Waals surface area contributed by atoms with Gasteiger partial charge in [-0.15, -0.1) is 0 Å². The first-order valence-electron chi connectivity index (χ1n) is 6.07. The molecule has 0 fully saturated rings. The lowest BCUT2D eigenvalue weighted by atomic mass is 10.1. The van der Waals surface area contributed by atoms with E-state index in [4.69, 9.17) is 0 Å². The SMILES string of the molecule is CC.Cc1ccc(-c2ccc(C(F)(F)F)cc2)cn1. The molecule has 0 N–H and O–H groups in total. The van der Waals surface area contributed by atoms with Crippen LogP contribution in [0.25, 0.3) is 11.1 Å². The van der Waals surface area contributed by atoms with Gasteiger partial charge in [-0.05, 0) is 30.7 Å². The summed E-state index contributed by atoms with van der Waals surface area (Å²) in [6.07, 6.45) is -2.64. The standard InChI is InChI=1S/C13H10F3N.C2H6/c1-9-2-3-11(8-17-9)10-4-6-12(7-5-10)13(14,15)16;1-2/h2-8H,1H3;1-2H3. The van der Waals surface area contributed by atoms with E-state index in [-0.39, 0.29) is 0 Å². The Morgan fingerprint density at radius 1 is 0.842 bits per heavy atom. The molecule has 2 rings (SSSR count). The van der Waals surface area contributed by atoms with Gasteiger partial charge in [0.2, 0.25) is 0 Å². The Morgan fingerprint density at radius 2 is 1.37 bits per heavy atom. The van der Waals surface area contributed by atoms with E-state index in [0.29, 0.717) is 0 Å². The second-order valence-electron chi connectivity index (χ2n) is 3.76. The fourth-order valence-corrected chi connectivity index (χ4v) is 1.49. The normalized spacial score (nSPS) is 10.6. The van der Waals surface area contributed by atoms with Crippen molar-refractivity contribution in [2.45, 2.75) is 26.9 Å². The first-order chi connectivity index (χ1) is 8.97. The van der Waals surface area contributed by atoms with E-state index >= 15 is 0 Å². The lowest BCUT2D eigenvalue weighted by Crippen LogP contribution is -2.03. The minimum atomic E-state index is -4.29. The zero-order chi connectivity index (χ0) is 14.5. The topological polar surface area (TPSA) is 12.9 Å². The molecular weight excluding hydrogens is 251 g/mol. The maximum absolute atomic E-state index is 12.4. The highest BCUT2D eigenvalue weighted by atomic mass is 19.4. The fraction of sp³-hybridized carbons (Fsp3) is 0.267. The number of rotatable bonds is 1. The first kappa shape index (κ1) is 15.2. The molecule has 0 atom stereocenters. The molecule has 19 heavy (non-hydrogen) atoms. The van der Waals surface area contributed by atoms with Crippen LogP contribution >= 0.6 is 0 Å². The number of aryl methyl sites for hydroxylation is 1. The van der Waals surface area contributed by atoms with Gasteiger partial charge in [0, 0.05) is 17.5 Å². The number of aromatic nitrogens is 1. The Hall–Kier alpha value is -1.84. The third-order valence-corrected chi connectivity index (χ3v) is 2.46. The second kappa shape index (κ2) is 6.36. The average Bonchev–Trinajstić information content (AvgIpc) is 2.41. The molecule has 0 aliphatic heterocycles. The monoisotopic (exact) mass is 267 g/mol. The molecule has 0 saturated heterocycles. The highest BCUT2D eigenvalue weighted by Gasteiger charge is 2.29. The van der Waals surface area contributed by atoms with Crippen LogP contribution in [0.4, 0.5) is 13.2 Å². The number of nitrogens with zero attached hydrogens (tertiary/aromatic N) is 1. The van der Waals surface area contributed by atoms with Crippen LogP contribution in [-0.4, -0.2) is 4.98 Å². The molecule has 0 radical (unpaired) electrons. The molecule has 102 valence electrons. The van der Waals surface area contributed by atoms with Gasteiger partial charge in [0.1, 0.15) is 0 Å². The first-order valence-corrected chi connectivity index (χ1v) is 6.07. The molecule has 2 aromatic rings. The van der Waals surface area contributed by atoms with Crippen LogP contribution in [0.2, 0.25) is 0 Å². The van der Waals surface area contributed by atoms with Gasteiger partial charge in [-0.2, -0.15) is 13.2 Å². The van der Waals surface area contributed by atoms with Crippen molar-refractivity contribution >= 4 is 0 Å². The third-order valence-electron chi connectivity index (χ3n) is 2.46. The van der Waals surface area contributed by atoms with Crippen molar-refractivity contribution in [1.82, 2.24) is 4.98 Å². The summed E-state index contributed by atoms with van der Waals surface area (Å²) in [7, 11) is 0. The minimum absolute atomic E-state index is 0.638. The number of hydrogen-bond donors (Lipinski definition) is 0. The van der Waals surface area contributed by atoms with Crippen LogP contribution < -0.4 is 0 Å². The van der Waals surface area contributed by atoms with Crippen LogP contribution in [0.3, 0.4) is 0 Å². The molecule has 0 aliphatic rings. The van der Waals surface area contributed by atoms with Crippen molar-refractivity contribution in [2.75, 3.05) is 0 Å². The van der Waals surface area contributed by atoms with Crippen molar-refractivity contribution in [3.63, 3.8) is 0 Å². The zero-order valence-electron chi connectivity index (χ0n) is 11.1. The molecule has 0 aliphatic carbocycles. The van der Waals surface area contributed by atoms with Gasteiger partial charge < -0.3 is 0 Å². The van der Waals surface area contributed by atoms with Crippen LogP contribution in [0.5, 0.6) is 0 Å². The molecule has 0 bridgehead atoms. The third kappa shape index (κ3) is 4.09. The Bertz CT molecular complexity index is 498. The Labute approximate surface area is 111 Å². The highest BCUT2D eigenvalue weighted by molar-refractivity contribution is 5.62. The molecule has 1 aromatic carbocycles. The second-order valence-corrected chi connectivity index (χ2v) is 3.76. The molecule has 1 nitrogen and oxygen atoms in total. The summed E-state index contributed by atoms with van der Waals surface area (Å²) in [5.74, 6) is 0. The smallest absolute Gasteiger partial charge is 0.261 e. The molecule has 0 spiro atoms. The number of hydrogen-bond acceptors (Lipinski definition) is 1. The van der Waals surface area contributed by atoms with Gasteiger partial charge >= 0.3 is 6.18 Å². The summed E-state index contributed by atoms with van der Waals surface area (Å²) in [4.78, 5) is 4.10. The molecule has 4 heteroatoms. The molecule has 1 heterocycles. The van der Waals surface area contributed by atoms with E-state index in [1.165, 1.54) is 12.1 Å². The van der Waals surface area contributed by atoms with Crippen molar-refractivity contribution in [2.24, 2.45) is 0 Å². The van der Waals surface area contributed by atoms with E-state index in [2.05, 4.69) is 4.98 Å². The summed E-state index contributed by atoms with van der Waals surface area (Å²) in [5.41, 5.74) is 1.77. The number of halogens is 3. The molecular formula is C15H16F3N.